The third kappa shape index (κ3) is 5.03. The van der Waals surface area contributed by atoms with E-state index in [1.807, 2.05) is 0 Å². The number of benzene rings is 2. The summed E-state index contributed by atoms with van der Waals surface area (Å²) in [6, 6.07) is 14.7. The molecule has 0 aliphatic heterocycles. The smallest absolute Gasteiger partial charge is 0.224 e. The number of ether oxygens (including phenoxy) is 1. The van der Waals surface area contributed by atoms with Gasteiger partial charge in [0.15, 0.2) is 9.84 Å². The van der Waals surface area contributed by atoms with Gasteiger partial charge >= 0.3 is 0 Å². The summed E-state index contributed by atoms with van der Waals surface area (Å²) in [5.74, 6) is -0.00952. The zero-order valence-electron chi connectivity index (χ0n) is 15.7. The van der Waals surface area contributed by atoms with Gasteiger partial charge in [0, 0.05) is 6.54 Å². The van der Waals surface area contributed by atoms with E-state index in [2.05, 4.69) is 5.32 Å². The standard InChI is InChI=1S/C21H20FNO5S/c1-27-17-8-10-18(11-9-17)29(25,26)20(19-3-2-12-28-19)14-23-21(24)13-15-4-6-16(22)7-5-15/h2-12,20H,13-14H2,1H3,(H,23,24)/t20-/m1/s1. The fourth-order valence-electron chi connectivity index (χ4n) is 2.82. The summed E-state index contributed by atoms with van der Waals surface area (Å²) in [6.07, 6.45) is 1.39. The van der Waals surface area contributed by atoms with Crippen molar-refractivity contribution in [3.05, 3.63) is 84.1 Å². The third-order valence-corrected chi connectivity index (χ3v) is 6.46. The first kappa shape index (κ1) is 20.6. The zero-order chi connectivity index (χ0) is 20.9. The number of nitrogens with one attached hydrogen (secondary N) is 1. The fourth-order valence-corrected chi connectivity index (χ4v) is 4.41. The number of carbonyl (C=O) groups is 1. The van der Waals surface area contributed by atoms with Crippen LogP contribution in [-0.4, -0.2) is 28.0 Å². The Balaban J connectivity index is 1.76. The molecule has 6 nitrogen and oxygen atoms in total. The SMILES string of the molecule is COc1ccc(S(=O)(=O)[C@H](CNC(=O)Cc2ccc(F)cc2)c2ccco2)cc1. The minimum atomic E-state index is -3.84. The molecule has 1 amide bonds. The monoisotopic (exact) mass is 417 g/mol. The van der Waals surface area contributed by atoms with Crippen molar-refractivity contribution in [2.75, 3.05) is 13.7 Å². The van der Waals surface area contributed by atoms with E-state index < -0.39 is 20.9 Å². The highest BCUT2D eigenvalue weighted by molar-refractivity contribution is 7.91. The number of rotatable bonds is 8. The van der Waals surface area contributed by atoms with Crippen LogP contribution in [-0.2, 0) is 21.1 Å². The van der Waals surface area contributed by atoms with Crippen LogP contribution in [0, 0.1) is 5.82 Å². The Morgan fingerprint density at radius 2 is 1.79 bits per heavy atom. The van der Waals surface area contributed by atoms with Crippen molar-refractivity contribution in [2.24, 2.45) is 0 Å². The van der Waals surface area contributed by atoms with E-state index in [1.54, 1.807) is 24.3 Å². The second-order valence-corrected chi connectivity index (χ2v) is 8.46. The summed E-state index contributed by atoms with van der Waals surface area (Å²) in [7, 11) is -2.34. The molecule has 0 unspecified atom stereocenters. The molecule has 0 saturated carbocycles. The largest absolute Gasteiger partial charge is 0.497 e. The molecule has 0 fully saturated rings. The normalized spacial score (nSPS) is 12.3. The molecule has 0 radical (unpaired) electrons. The van der Waals surface area contributed by atoms with Crippen LogP contribution in [0.25, 0.3) is 0 Å². The number of amides is 1. The molecule has 1 heterocycles. The molecule has 152 valence electrons. The van der Waals surface area contributed by atoms with Gasteiger partial charge in [0.05, 0.1) is 24.7 Å². The van der Waals surface area contributed by atoms with Crippen molar-refractivity contribution in [1.82, 2.24) is 5.32 Å². The molecule has 3 aromatic rings. The number of furan rings is 1. The summed E-state index contributed by atoms with van der Waals surface area (Å²) < 4.78 is 49.7. The average Bonchev–Trinajstić information content (AvgIpc) is 3.24. The first-order valence-corrected chi connectivity index (χ1v) is 10.4. The second-order valence-electron chi connectivity index (χ2n) is 6.33. The Morgan fingerprint density at radius 1 is 1.10 bits per heavy atom. The van der Waals surface area contributed by atoms with E-state index >= 15 is 0 Å². The summed E-state index contributed by atoms with van der Waals surface area (Å²) in [5.41, 5.74) is 0.622. The third-order valence-electron chi connectivity index (χ3n) is 4.39. The number of methoxy groups -OCH3 is 1. The van der Waals surface area contributed by atoms with Crippen LogP contribution in [0.5, 0.6) is 5.75 Å². The van der Waals surface area contributed by atoms with Crippen LogP contribution >= 0.6 is 0 Å². The second kappa shape index (κ2) is 8.91. The Bertz CT molecular complexity index is 1050. The van der Waals surface area contributed by atoms with Crippen LogP contribution in [0.1, 0.15) is 16.6 Å². The van der Waals surface area contributed by atoms with Crippen LogP contribution in [0.3, 0.4) is 0 Å². The van der Waals surface area contributed by atoms with Gasteiger partial charge in [-0.1, -0.05) is 12.1 Å². The highest BCUT2D eigenvalue weighted by Crippen LogP contribution is 2.30. The maximum atomic E-state index is 13.1. The number of hydrogen-bond acceptors (Lipinski definition) is 5. The number of halogens is 1. The minimum absolute atomic E-state index is 0.00768. The molecular formula is C21H20FNO5S. The molecule has 0 aliphatic rings. The van der Waals surface area contributed by atoms with Crippen molar-refractivity contribution in [1.29, 1.82) is 0 Å². The van der Waals surface area contributed by atoms with Crippen LogP contribution < -0.4 is 10.1 Å². The van der Waals surface area contributed by atoms with Gasteiger partial charge in [-0.3, -0.25) is 4.79 Å². The molecule has 0 spiro atoms. The van der Waals surface area contributed by atoms with Crippen molar-refractivity contribution >= 4 is 15.7 Å². The lowest BCUT2D eigenvalue weighted by Gasteiger charge is -2.17. The fraction of sp³-hybridized carbons (Fsp3) is 0.190. The summed E-state index contributed by atoms with van der Waals surface area (Å²) in [6.45, 7) is -0.165. The lowest BCUT2D eigenvalue weighted by molar-refractivity contribution is -0.120. The van der Waals surface area contributed by atoms with E-state index in [-0.39, 0.29) is 29.5 Å². The van der Waals surface area contributed by atoms with E-state index in [9.17, 15) is 17.6 Å². The van der Waals surface area contributed by atoms with Crippen molar-refractivity contribution < 1.29 is 26.8 Å². The molecule has 2 aromatic carbocycles. The van der Waals surface area contributed by atoms with Crippen molar-refractivity contribution in [2.45, 2.75) is 16.6 Å². The van der Waals surface area contributed by atoms with E-state index in [0.29, 0.717) is 11.3 Å². The Labute approximate surface area is 168 Å². The Hall–Kier alpha value is -3.13. The first-order valence-electron chi connectivity index (χ1n) is 8.82. The molecule has 0 bridgehead atoms. The van der Waals surface area contributed by atoms with Crippen LogP contribution in [0.4, 0.5) is 4.39 Å². The highest BCUT2D eigenvalue weighted by Gasteiger charge is 2.31. The molecule has 0 saturated heterocycles. The molecule has 0 aliphatic carbocycles. The van der Waals surface area contributed by atoms with Crippen LogP contribution in [0.15, 0.2) is 76.2 Å². The minimum Gasteiger partial charge on any atom is -0.497 e. The molecule has 3 rings (SSSR count). The summed E-state index contributed by atoms with van der Waals surface area (Å²) >= 11 is 0. The maximum Gasteiger partial charge on any atom is 0.224 e. The zero-order valence-corrected chi connectivity index (χ0v) is 16.5. The van der Waals surface area contributed by atoms with Crippen molar-refractivity contribution in [3.63, 3.8) is 0 Å². The number of hydrogen-bond donors (Lipinski definition) is 1. The lowest BCUT2D eigenvalue weighted by Crippen LogP contribution is -2.32. The van der Waals surface area contributed by atoms with E-state index in [0.717, 1.165) is 0 Å². The molecule has 1 atom stereocenters. The average molecular weight is 417 g/mol. The van der Waals surface area contributed by atoms with Crippen molar-refractivity contribution in [3.8, 4) is 5.75 Å². The molecule has 8 heteroatoms. The predicted molar refractivity (Wildman–Crippen MR) is 105 cm³/mol. The Kier molecular flexibility index (Phi) is 6.33. The number of carbonyl (C=O) groups excluding carboxylic acids is 1. The number of sulfone groups is 1. The van der Waals surface area contributed by atoms with Gasteiger partial charge in [-0.05, 0) is 54.1 Å². The van der Waals surface area contributed by atoms with E-state index in [4.69, 9.17) is 9.15 Å². The van der Waals surface area contributed by atoms with Crippen LogP contribution in [0.2, 0.25) is 0 Å². The topological polar surface area (TPSA) is 85.6 Å². The van der Waals surface area contributed by atoms with Gasteiger partial charge in [-0.2, -0.15) is 0 Å². The van der Waals surface area contributed by atoms with Gasteiger partial charge in [-0.25, -0.2) is 12.8 Å². The summed E-state index contributed by atoms with van der Waals surface area (Å²) in [4.78, 5) is 12.4. The lowest BCUT2D eigenvalue weighted by atomic mass is 10.1. The van der Waals surface area contributed by atoms with E-state index in [1.165, 1.54) is 49.8 Å². The van der Waals surface area contributed by atoms with Gasteiger partial charge in [-0.15, -0.1) is 0 Å². The highest BCUT2D eigenvalue weighted by atomic mass is 32.2. The molecule has 29 heavy (non-hydrogen) atoms. The molecular weight excluding hydrogens is 397 g/mol. The maximum absolute atomic E-state index is 13.1. The molecule has 1 aromatic heterocycles. The molecule has 1 N–H and O–H groups in total. The van der Waals surface area contributed by atoms with Gasteiger partial charge in [0.2, 0.25) is 5.91 Å². The van der Waals surface area contributed by atoms with Gasteiger partial charge in [0.25, 0.3) is 0 Å². The predicted octanol–water partition coefficient (Wildman–Crippen LogP) is 3.30. The summed E-state index contributed by atoms with van der Waals surface area (Å²) in [5, 5.41) is 1.54. The Morgan fingerprint density at radius 3 is 2.38 bits per heavy atom. The quantitative estimate of drug-likeness (QED) is 0.608. The first-order chi connectivity index (χ1) is 13.9. The van der Waals surface area contributed by atoms with Gasteiger partial charge in [0.1, 0.15) is 22.6 Å². The van der Waals surface area contributed by atoms with Gasteiger partial charge < -0.3 is 14.5 Å².